The third-order valence-electron chi connectivity index (χ3n) is 6.71. The molecule has 0 aliphatic carbocycles. The van der Waals surface area contributed by atoms with Crippen LogP contribution in [0.5, 0.6) is 11.5 Å². The molecule has 7 nitrogen and oxygen atoms in total. The van der Waals surface area contributed by atoms with Gasteiger partial charge < -0.3 is 14.8 Å². The molecule has 1 atom stereocenters. The molecule has 176 valence electrons. The topological polar surface area (TPSA) is 71.1 Å². The Balaban J connectivity index is 1.51. The van der Waals surface area contributed by atoms with Crippen LogP contribution < -0.4 is 14.8 Å². The van der Waals surface area contributed by atoms with Crippen LogP contribution in [0.1, 0.15) is 34.9 Å². The lowest BCUT2D eigenvalue weighted by Gasteiger charge is -2.30. The van der Waals surface area contributed by atoms with Crippen molar-refractivity contribution >= 4 is 23.3 Å². The molecule has 2 aliphatic rings. The van der Waals surface area contributed by atoms with Crippen LogP contribution in [0.2, 0.25) is 0 Å². The van der Waals surface area contributed by atoms with Gasteiger partial charge in [-0.1, -0.05) is 30.3 Å². The molecule has 0 unspecified atom stereocenters. The number of nitrogens with one attached hydrogen (secondary N) is 1. The summed E-state index contributed by atoms with van der Waals surface area (Å²) in [4.78, 5) is 32.2. The molecule has 1 N–H and O–H groups in total. The van der Waals surface area contributed by atoms with Crippen LogP contribution in [0.25, 0.3) is 0 Å². The zero-order chi connectivity index (χ0) is 23.7. The van der Waals surface area contributed by atoms with Gasteiger partial charge in [-0.2, -0.15) is 0 Å². The van der Waals surface area contributed by atoms with Crippen molar-refractivity contribution in [3.05, 3.63) is 82.0 Å². The maximum atomic E-state index is 14.1. The van der Waals surface area contributed by atoms with Gasteiger partial charge in [-0.15, -0.1) is 11.3 Å². The van der Waals surface area contributed by atoms with E-state index in [0.717, 1.165) is 19.4 Å². The molecule has 3 aromatic rings. The Labute approximate surface area is 202 Å². The summed E-state index contributed by atoms with van der Waals surface area (Å²) >= 11 is 1.71. The van der Waals surface area contributed by atoms with E-state index in [9.17, 15) is 9.59 Å². The lowest BCUT2D eigenvalue weighted by molar-refractivity contribution is -0.131. The van der Waals surface area contributed by atoms with Gasteiger partial charge >= 0.3 is 6.03 Å². The molecule has 0 radical (unpaired) electrons. The van der Waals surface area contributed by atoms with Gasteiger partial charge in [0.1, 0.15) is 11.5 Å². The first kappa shape index (κ1) is 22.4. The summed E-state index contributed by atoms with van der Waals surface area (Å²) in [5.41, 5.74) is 0.0272. The molecule has 34 heavy (non-hydrogen) atoms. The van der Waals surface area contributed by atoms with Gasteiger partial charge in [-0.05, 0) is 59.7 Å². The third-order valence-corrected chi connectivity index (χ3v) is 7.68. The van der Waals surface area contributed by atoms with E-state index in [1.807, 2.05) is 30.3 Å². The summed E-state index contributed by atoms with van der Waals surface area (Å²) in [5, 5.41) is 5.10. The number of urea groups is 1. The van der Waals surface area contributed by atoms with Crippen molar-refractivity contribution in [2.45, 2.75) is 24.4 Å². The summed E-state index contributed by atoms with van der Waals surface area (Å²) in [7, 11) is 3.19. The van der Waals surface area contributed by atoms with Crippen LogP contribution in [0.3, 0.4) is 0 Å². The first-order chi connectivity index (χ1) is 16.6. The van der Waals surface area contributed by atoms with Crippen molar-refractivity contribution in [2.24, 2.45) is 0 Å². The third kappa shape index (κ3) is 3.73. The fourth-order valence-electron chi connectivity index (χ4n) is 4.92. The number of likely N-dealkylation sites (tertiary alicyclic amines) is 1. The Bertz CT molecular complexity index is 1110. The van der Waals surface area contributed by atoms with Gasteiger partial charge in [-0.25, -0.2) is 9.69 Å². The molecule has 3 heterocycles. The molecule has 8 heteroatoms. The van der Waals surface area contributed by atoms with E-state index in [4.69, 9.17) is 9.47 Å². The number of carbonyl (C=O) groups is 2. The molecule has 3 amide bonds. The fraction of sp³-hybridized carbons (Fsp3) is 0.308. The number of benzene rings is 2. The summed E-state index contributed by atoms with van der Waals surface area (Å²) in [6, 6.07) is 18.5. The molecule has 0 spiro atoms. The molecule has 2 fully saturated rings. The minimum atomic E-state index is -1.33. The Morgan fingerprint density at radius 3 is 2.12 bits per heavy atom. The highest BCUT2D eigenvalue weighted by Gasteiger charge is 2.54. The molecule has 1 aromatic heterocycles. The molecule has 2 saturated heterocycles. The minimum Gasteiger partial charge on any atom is -0.497 e. The second kappa shape index (κ2) is 9.12. The maximum absolute atomic E-state index is 14.1. The molecular formula is C26H27N3O4S. The second-order valence-corrected chi connectivity index (χ2v) is 9.48. The number of ether oxygens (including phenoxy) is 2. The van der Waals surface area contributed by atoms with Crippen molar-refractivity contribution in [1.82, 2.24) is 15.1 Å². The highest BCUT2D eigenvalue weighted by Crippen LogP contribution is 2.39. The van der Waals surface area contributed by atoms with Crippen molar-refractivity contribution in [3.63, 3.8) is 0 Å². The largest absolute Gasteiger partial charge is 0.497 e. The van der Waals surface area contributed by atoms with Crippen molar-refractivity contribution in [3.8, 4) is 11.5 Å². The number of imide groups is 1. The van der Waals surface area contributed by atoms with E-state index in [0.29, 0.717) is 22.6 Å². The van der Waals surface area contributed by atoms with Gasteiger partial charge in [0.15, 0.2) is 5.54 Å². The number of amides is 3. The molecule has 0 saturated carbocycles. The number of methoxy groups -OCH3 is 2. The summed E-state index contributed by atoms with van der Waals surface area (Å²) in [5.74, 6) is 1.07. The monoisotopic (exact) mass is 477 g/mol. The first-order valence-corrected chi connectivity index (χ1v) is 12.2. The Hall–Kier alpha value is -3.36. The summed E-state index contributed by atoms with van der Waals surface area (Å²) in [6.45, 7) is 1.10. The lowest BCUT2D eigenvalue weighted by atomic mass is 9.82. The number of hydrogen-bond donors (Lipinski definition) is 1. The summed E-state index contributed by atoms with van der Waals surface area (Å²) < 4.78 is 10.6. The SMILES string of the molecule is COc1ccc(C2(c3ccc(OC)cc3)NC(=O)N(CN3CCC[C@@H]3c3cccs3)C2=O)cc1. The van der Waals surface area contributed by atoms with E-state index in [-0.39, 0.29) is 18.6 Å². The molecular weight excluding hydrogens is 450 g/mol. The average molecular weight is 478 g/mol. The number of hydrogen-bond acceptors (Lipinski definition) is 6. The number of nitrogens with zero attached hydrogens (tertiary/aromatic N) is 2. The van der Waals surface area contributed by atoms with Crippen LogP contribution in [-0.2, 0) is 10.3 Å². The van der Waals surface area contributed by atoms with Crippen LogP contribution in [0, 0.1) is 0 Å². The average Bonchev–Trinajstić information content (AvgIpc) is 3.61. The predicted molar refractivity (Wildman–Crippen MR) is 130 cm³/mol. The van der Waals surface area contributed by atoms with E-state index in [1.165, 1.54) is 9.78 Å². The molecule has 5 rings (SSSR count). The quantitative estimate of drug-likeness (QED) is 0.512. The predicted octanol–water partition coefficient (Wildman–Crippen LogP) is 4.36. The zero-order valence-corrected chi connectivity index (χ0v) is 20.0. The molecule has 2 aromatic carbocycles. The second-order valence-electron chi connectivity index (χ2n) is 8.50. The van der Waals surface area contributed by atoms with Crippen molar-refractivity contribution in [2.75, 3.05) is 27.4 Å². The van der Waals surface area contributed by atoms with Crippen molar-refractivity contribution in [1.29, 1.82) is 0 Å². The fourth-order valence-corrected chi connectivity index (χ4v) is 5.82. The molecule has 2 aliphatic heterocycles. The standard InChI is InChI=1S/C26H27N3O4S/c1-32-20-11-7-18(8-12-20)26(19-9-13-21(33-2)14-10-19)24(30)29(25(31)27-26)17-28-15-3-5-22(28)23-6-4-16-34-23/h4,6-14,16,22H,3,5,15,17H2,1-2H3,(H,27,31)/t22-/m1/s1. The van der Waals surface area contributed by atoms with Gasteiger partial charge in [-0.3, -0.25) is 9.69 Å². The van der Waals surface area contributed by atoms with Crippen LogP contribution >= 0.6 is 11.3 Å². The highest BCUT2D eigenvalue weighted by molar-refractivity contribution is 7.10. The minimum absolute atomic E-state index is 0.220. The maximum Gasteiger partial charge on any atom is 0.326 e. The highest BCUT2D eigenvalue weighted by atomic mass is 32.1. The Kier molecular flexibility index (Phi) is 6.02. The molecule has 0 bridgehead atoms. The van der Waals surface area contributed by atoms with Gasteiger partial charge in [0.25, 0.3) is 5.91 Å². The van der Waals surface area contributed by atoms with Crippen LogP contribution in [0.15, 0.2) is 66.0 Å². The van der Waals surface area contributed by atoms with Gasteiger partial charge in [0, 0.05) is 17.5 Å². The summed E-state index contributed by atoms with van der Waals surface area (Å²) in [6.07, 6.45) is 2.06. The number of rotatable bonds is 7. The Morgan fingerprint density at radius 2 is 1.59 bits per heavy atom. The Morgan fingerprint density at radius 1 is 0.971 bits per heavy atom. The normalized spacial score (nSPS) is 19.9. The van der Waals surface area contributed by atoms with Crippen LogP contribution in [0.4, 0.5) is 4.79 Å². The van der Waals surface area contributed by atoms with Gasteiger partial charge in [0.05, 0.1) is 20.9 Å². The van der Waals surface area contributed by atoms with E-state index >= 15 is 0 Å². The first-order valence-electron chi connectivity index (χ1n) is 11.3. The lowest BCUT2D eigenvalue weighted by Crippen LogP contribution is -2.46. The van der Waals surface area contributed by atoms with E-state index in [2.05, 4.69) is 21.7 Å². The van der Waals surface area contributed by atoms with E-state index < -0.39 is 11.6 Å². The number of thiophene rings is 1. The zero-order valence-electron chi connectivity index (χ0n) is 19.2. The van der Waals surface area contributed by atoms with Crippen LogP contribution in [-0.4, -0.2) is 49.2 Å². The van der Waals surface area contributed by atoms with Gasteiger partial charge in [0.2, 0.25) is 0 Å². The smallest absolute Gasteiger partial charge is 0.326 e. The van der Waals surface area contributed by atoms with Crippen molar-refractivity contribution < 1.29 is 19.1 Å². The van der Waals surface area contributed by atoms with E-state index in [1.54, 1.807) is 49.8 Å². The number of carbonyl (C=O) groups excluding carboxylic acids is 2.